The summed E-state index contributed by atoms with van der Waals surface area (Å²) in [6, 6.07) is 7.15. The largest absolute Gasteiger partial charge is 0.486 e. The number of H-pyrrole nitrogens is 1. The number of aromatic amines is 1. The van der Waals surface area contributed by atoms with E-state index in [4.69, 9.17) is 25.7 Å². The van der Waals surface area contributed by atoms with E-state index in [1.165, 1.54) is 0 Å². The molecule has 2 aromatic rings. The molecule has 1 aromatic carbocycles. The van der Waals surface area contributed by atoms with Gasteiger partial charge in [0, 0.05) is 11.3 Å². The van der Waals surface area contributed by atoms with Gasteiger partial charge in [-0.25, -0.2) is 0 Å². The second-order valence-electron chi connectivity index (χ2n) is 4.37. The molecule has 8 nitrogen and oxygen atoms in total. The lowest BCUT2D eigenvalue weighted by molar-refractivity contribution is -0.106. The molecule has 8 heteroatoms. The number of ether oxygens (including phenoxy) is 2. The van der Waals surface area contributed by atoms with Gasteiger partial charge in [0.2, 0.25) is 6.41 Å². The maximum absolute atomic E-state index is 11.2. The summed E-state index contributed by atoms with van der Waals surface area (Å²) >= 11 is 0. The first-order valence-electron chi connectivity index (χ1n) is 6.40. The van der Waals surface area contributed by atoms with Crippen LogP contribution in [0.2, 0.25) is 0 Å². The summed E-state index contributed by atoms with van der Waals surface area (Å²) in [4.78, 5) is 22.7. The Morgan fingerprint density at radius 1 is 1.18 bits per heavy atom. The van der Waals surface area contributed by atoms with Crippen molar-refractivity contribution in [2.45, 2.75) is 0 Å². The van der Waals surface area contributed by atoms with Crippen LogP contribution in [0.5, 0.6) is 11.5 Å². The lowest BCUT2D eigenvalue weighted by Gasteiger charge is -2.18. The molecule has 7 N–H and O–H groups in total. The number of primary amides is 2. The fourth-order valence-corrected chi connectivity index (χ4v) is 2.04. The Kier molecular flexibility index (Phi) is 4.52. The molecule has 0 aliphatic carbocycles. The zero-order chi connectivity index (χ0) is 16.1. The zero-order valence-corrected chi connectivity index (χ0v) is 11.7. The molecule has 0 atom stereocenters. The van der Waals surface area contributed by atoms with Gasteiger partial charge < -0.3 is 31.7 Å². The van der Waals surface area contributed by atoms with E-state index in [2.05, 4.69) is 10.7 Å². The molecule has 1 aliphatic rings. The van der Waals surface area contributed by atoms with Gasteiger partial charge in [0.1, 0.15) is 19.0 Å². The first-order valence-corrected chi connectivity index (χ1v) is 6.40. The molecule has 2 heterocycles. The molecule has 0 fully saturated rings. The van der Waals surface area contributed by atoms with Crippen LogP contribution < -0.4 is 26.7 Å². The third-order valence-corrected chi connectivity index (χ3v) is 2.97. The van der Waals surface area contributed by atoms with Gasteiger partial charge in [-0.3, -0.25) is 9.59 Å². The van der Waals surface area contributed by atoms with Crippen LogP contribution in [0.25, 0.3) is 11.3 Å². The standard InChI is InChI=1S/C13H13N3O3.CH3NO/c14-12-8(13(15)17)6-9(16-12)7-1-2-10-11(5-7)19-4-3-18-10;2-1-3/h1-2,5-6,16H,3-4,14H2,(H2,15,17);1H,(H2,2,3). The molecule has 1 aromatic heterocycles. The van der Waals surface area contributed by atoms with Crippen molar-refractivity contribution >= 4 is 18.1 Å². The van der Waals surface area contributed by atoms with E-state index >= 15 is 0 Å². The number of amides is 2. The predicted octanol–water partition coefficient (Wildman–Crippen LogP) is 0.235. The normalized spacial score (nSPS) is 12.0. The maximum Gasteiger partial charge on any atom is 0.252 e. The minimum Gasteiger partial charge on any atom is -0.486 e. The van der Waals surface area contributed by atoms with Gasteiger partial charge in [-0.15, -0.1) is 0 Å². The van der Waals surface area contributed by atoms with E-state index in [1.54, 1.807) is 6.07 Å². The third kappa shape index (κ3) is 3.11. The van der Waals surface area contributed by atoms with Crippen LogP contribution in [-0.4, -0.2) is 30.5 Å². The predicted molar refractivity (Wildman–Crippen MR) is 80.4 cm³/mol. The van der Waals surface area contributed by atoms with Crippen LogP contribution in [0.1, 0.15) is 10.4 Å². The number of anilines is 1. The topological polar surface area (TPSA) is 146 Å². The Balaban J connectivity index is 0.000000545. The Bertz CT molecular complexity index is 696. The van der Waals surface area contributed by atoms with Crippen molar-refractivity contribution in [1.82, 2.24) is 4.98 Å². The number of hydrogen-bond acceptors (Lipinski definition) is 5. The number of aromatic nitrogens is 1. The molecular weight excluding hydrogens is 288 g/mol. The highest BCUT2D eigenvalue weighted by Gasteiger charge is 2.15. The number of nitrogen functional groups attached to an aromatic ring is 1. The lowest BCUT2D eigenvalue weighted by Crippen LogP contribution is -2.15. The summed E-state index contributed by atoms with van der Waals surface area (Å²) in [6.07, 6.45) is 0.250. The molecule has 3 rings (SSSR count). The van der Waals surface area contributed by atoms with Gasteiger partial charge in [0.15, 0.2) is 11.5 Å². The van der Waals surface area contributed by atoms with Crippen molar-refractivity contribution in [2.24, 2.45) is 11.5 Å². The zero-order valence-electron chi connectivity index (χ0n) is 11.7. The highest BCUT2D eigenvalue weighted by Crippen LogP contribution is 2.34. The Labute approximate surface area is 126 Å². The van der Waals surface area contributed by atoms with Crippen molar-refractivity contribution in [3.8, 4) is 22.8 Å². The quantitative estimate of drug-likeness (QED) is 0.587. The minimum absolute atomic E-state index is 0.250. The van der Waals surface area contributed by atoms with E-state index < -0.39 is 5.91 Å². The van der Waals surface area contributed by atoms with Gasteiger partial charge in [-0.05, 0) is 24.3 Å². The molecule has 0 bridgehead atoms. The van der Waals surface area contributed by atoms with Crippen molar-refractivity contribution in [3.63, 3.8) is 0 Å². The average Bonchev–Trinajstić information content (AvgIpc) is 2.90. The van der Waals surface area contributed by atoms with Crippen molar-refractivity contribution in [2.75, 3.05) is 18.9 Å². The second-order valence-corrected chi connectivity index (χ2v) is 4.37. The number of carbonyl (C=O) groups is 2. The van der Waals surface area contributed by atoms with Crippen molar-refractivity contribution in [1.29, 1.82) is 0 Å². The Morgan fingerprint density at radius 3 is 2.41 bits per heavy atom. The number of carbonyl (C=O) groups excluding carboxylic acids is 2. The monoisotopic (exact) mass is 304 g/mol. The number of nitrogens with two attached hydrogens (primary N) is 3. The van der Waals surface area contributed by atoms with Crippen LogP contribution in [0.15, 0.2) is 24.3 Å². The fourth-order valence-electron chi connectivity index (χ4n) is 2.04. The first-order chi connectivity index (χ1) is 10.6. The van der Waals surface area contributed by atoms with Crippen LogP contribution in [0, 0.1) is 0 Å². The van der Waals surface area contributed by atoms with Crippen LogP contribution in [0.4, 0.5) is 5.82 Å². The maximum atomic E-state index is 11.2. The number of nitrogens with one attached hydrogen (secondary N) is 1. The smallest absolute Gasteiger partial charge is 0.252 e. The first kappa shape index (κ1) is 15.2. The van der Waals surface area contributed by atoms with E-state index in [0.29, 0.717) is 30.4 Å². The Hall–Kier alpha value is -3.16. The summed E-state index contributed by atoms with van der Waals surface area (Å²) in [5.74, 6) is 1.09. The molecule has 116 valence electrons. The lowest BCUT2D eigenvalue weighted by atomic mass is 10.1. The number of benzene rings is 1. The third-order valence-electron chi connectivity index (χ3n) is 2.97. The molecule has 0 unspecified atom stereocenters. The van der Waals surface area contributed by atoms with Crippen LogP contribution >= 0.6 is 0 Å². The van der Waals surface area contributed by atoms with Gasteiger partial charge in [-0.2, -0.15) is 0 Å². The fraction of sp³-hybridized carbons (Fsp3) is 0.143. The molecule has 0 radical (unpaired) electrons. The number of fused-ring (bicyclic) bond motifs is 1. The van der Waals surface area contributed by atoms with Gasteiger partial charge in [0.25, 0.3) is 5.91 Å². The van der Waals surface area contributed by atoms with Gasteiger partial charge in [-0.1, -0.05) is 0 Å². The molecule has 22 heavy (non-hydrogen) atoms. The van der Waals surface area contributed by atoms with Crippen molar-refractivity contribution < 1.29 is 19.1 Å². The molecule has 0 saturated heterocycles. The summed E-state index contributed by atoms with van der Waals surface area (Å²) in [5.41, 5.74) is 16.9. The number of hydrogen-bond donors (Lipinski definition) is 4. The minimum atomic E-state index is -0.558. The molecule has 0 saturated carbocycles. The van der Waals surface area contributed by atoms with Crippen LogP contribution in [0.3, 0.4) is 0 Å². The molecule has 2 amide bonds. The molecule has 0 spiro atoms. The van der Waals surface area contributed by atoms with Gasteiger partial charge >= 0.3 is 0 Å². The summed E-state index contributed by atoms with van der Waals surface area (Å²) < 4.78 is 11.0. The SMILES string of the molecule is NC(=O)c1cc(-c2ccc3c(c2)OCCO3)[nH]c1N.NC=O. The highest BCUT2D eigenvalue weighted by atomic mass is 16.6. The number of rotatable bonds is 2. The summed E-state index contributed by atoms with van der Waals surface area (Å²) in [7, 11) is 0. The van der Waals surface area contributed by atoms with E-state index in [1.807, 2.05) is 18.2 Å². The average molecular weight is 304 g/mol. The van der Waals surface area contributed by atoms with Crippen molar-refractivity contribution in [3.05, 3.63) is 29.8 Å². The molecule has 1 aliphatic heterocycles. The van der Waals surface area contributed by atoms with Gasteiger partial charge in [0.05, 0.1) is 5.56 Å². The van der Waals surface area contributed by atoms with Crippen LogP contribution in [-0.2, 0) is 4.79 Å². The Morgan fingerprint density at radius 2 is 1.82 bits per heavy atom. The molecular formula is C14H16N4O4. The van der Waals surface area contributed by atoms with E-state index in [-0.39, 0.29) is 17.8 Å². The highest BCUT2D eigenvalue weighted by molar-refractivity contribution is 5.99. The second kappa shape index (κ2) is 6.53. The summed E-state index contributed by atoms with van der Waals surface area (Å²) in [6.45, 7) is 1.07. The summed E-state index contributed by atoms with van der Waals surface area (Å²) in [5, 5.41) is 0. The van der Waals surface area contributed by atoms with E-state index in [0.717, 1.165) is 5.56 Å². The van der Waals surface area contributed by atoms with E-state index in [9.17, 15) is 4.79 Å².